The van der Waals surface area contributed by atoms with Crippen molar-refractivity contribution in [3.8, 4) is 0 Å². The molecule has 0 spiro atoms. The van der Waals surface area contributed by atoms with Gasteiger partial charge in [0.2, 0.25) is 0 Å². The van der Waals surface area contributed by atoms with E-state index < -0.39 is 11.9 Å². The molecule has 0 atom stereocenters. The molecule has 0 saturated heterocycles. The quantitative estimate of drug-likeness (QED) is 0.252. The van der Waals surface area contributed by atoms with Crippen LogP contribution in [0.15, 0.2) is 24.3 Å². The zero-order chi connectivity index (χ0) is 15.4. The Morgan fingerprint density at radius 1 is 0.950 bits per heavy atom. The summed E-state index contributed by atoms with van der Waals surface area (Å²) in [5.41, 5.74) is 0.418. The number of unbranched alkanes of at least 4 members (excludes halogenated alkanes) is 1. The van der Waals surface area contributed by atoms with E-state index in [0.717, 1.165) is 12.8 Å². The fourth-order valence-electron chi connectivity index (χ4n) is 1.20. The zero-order valence-corrected chi connectivity index (χ0v) is 12.4. The van der Waals surface area contributed by atoms with Crippen molar-refractivity contribution < 1.29 is 23.8 Å². The number of rotatable bonds is 11. The fraction of sp³-hybridized carbons (Fsp3) is 0.600. The summed E-state index contributed by atoms with van der Waals surface area (Å²) in [5.74, 6) is -1.47. The average molecular weight is 284 g/mol. The van der Waals surface area contributed by atoms with Crippen LogP contribution >= 0.6 is 0 Å². The fourth-order valence-corrected chi connectivity index (χ4v) is 1.20. The monoisotopic (exact) mass is 284 g/mol. The molecule has 0 aliphatic rings. The maximum absolute atomic E-state index is 11.6. The lowest BCUT2D eigenvalue weighted by atomic mass is 10.2. The summed E-state index contributed by atoms with van der Waals surface area (Å²) < 4.78 is 14.8. The first kappa shape index (κ1) is 18.5. The van der Waals surface area contributed by atoms with Crippen molar-refractivity contribution in [1.29, 1.82) is 0 Å². The highest BCUT2D eigenvalue weighted by Gasteiger charge is 2.16. The van der Waals surface area contributed by atoms with Crippen molar-refractivity contribution in [2.75, 3.05) is 26.9 Å². The first-order chi connectivity index (χ1) is 9.52. The molecule has 0 aromatic rings. The minimum absolute atomic E-state index is 0.201. The summed E-state index contributed by atoms with van der Waals surface area (Å²) in [6.45, 7) is 10.6. The summed E-state index contributed by atoms with van der Waals surface area (Å²) >= 11 is 0. The summed E-state index contributed by atoms with van der Waals surface area (Å²) in [7, 11) is 1.52. The van der Waals surface area contributed by atoms with Gasteiger partial charge in [0.1, 0.15) is 0 Å². The van der Waals surface area contributed by atoms with E-state index in [0.29, 0.717) is 32.7 Å². The molecule has 5 nitrogen and oxygen atoms in total. The third-order valence-electron chi connectivity index (χ3n) is 2.56. The number of hydrogen-bond donors (Lipinski definition) is 0. The predicted molar refractivity (Wildman–Crippen MR) is 76.2 cm³/mol. The van der Waals surface area contributed by atoms with Crippen molar-refractivity contribution >= 4 is 11.9 Å². The van der Waals surface area contributed by atoms with E-state index in [1.54, 1.807) is 0 Å². The van der Waals surface area contributed by atoms with Crippen molar-refractivity contribution in [2.24, 2.45) is 0 Å². The van der Waals surface area contributed by atoms with Gasteiger partial charge >= 0.3 is 11.9 Å². The SMILES string of the molecule is C=C(CCOC)C(=O)OC(=O)C(=C)CCOCCCC. The van der Waals surface area contributed by atoms with Crippen LogP contribution in [0.2, 0.25) is 0 Å². The van der Waals surface area contributed by atoms with Crippen LogP contribution in [-0.2, 0) is 23.8 Å². The van der Waals surface area contributed by atoms with E-state index in [4.69, 9.17) is 9.47 Å². The molecule has 0 aliphatic carbocycles. The molecular weight excluding hydrogens is 260 g/mol. The van der Waals surface area contributed by atoms with E-state index in [2.05, 4.69) is 24.8 Å². The Hall–Kier alpha value is -1.46. The van der Waals surface area contributed by atoms with Crippen molar-refractivity contribution in [3.63, 3.8) is 0 Å². The Kier molecular flexibility index (Phi) is 10.5. The largest absolute Gasteiger partial charge is 0.386 e. The van der Waals surface area contributed by atoms with Crippen LogP contribution in [0.4, 0.5) is 0 Å². The van der Waals surface area contributed by atoms with Gasteiger partial charge in [0.05, 0.1) is 13.2 Å². The highest BCUT2D eigenvalue weighted by atomic mass is 16.6. The molecule has 0 amide bonds. The Balaban J connectivity index is 3.92. The second kappa shape index (κ2) is 11.4. The summed E-state index contributed by atoms with van der Waals surface area (Å²) in [4.78, 5) is 23.1. The molecule has 0 saturated carbocycles. The molecule has 0 aromatic heterocycles. The minimum atomic E-state index is -0.736. The third kappa shape index (κ3) is 8.61. The van der Waals surface area contributed by atoms with Crippen LogP contribution in [0.25, 0.3) is 0 Å². The molecule has 0 rings (SSSR count). The first-order valence-electron chi connectivity index (χ1n) is 6.71. The van der Waals surface area contributed by atoms with E-state index in [1.807, 2.05) is 0 Å². The van der Waals surface area contributed by atoms with E-state index in [1.165, 1.54) is 7.11 Å². The summed E-state index contributed by atoms with van der Waals surface area (Å²) in [5, 5.41) is 0. The highest BCUT2D eigenvalue weighted by Crippen LogP contribution is 2.07. The van der Waals surface area contributed by atoms with E-state index in [-0.39, 0.29) is 11.1 Å². The van der Waals surface area contributed by atoms with Gasteiger partial charge in [-0.05, 0) is 6.42 Å². The molecule has 20 heavy (non-hydrogen) atoms. The van der Waals surface area contributed by atoms with Gasteiger partial charge in [-0.15, -0.1) is 0 Å². The molecule has 0 heterocycles. The van der Waals surface area contributed by atoms with Crippen LogP contribution < -0.4 is 0 Å². The first-order valence-corrected chi connectivity index (χ1v) is 6.71. The van der Waals surface area contributed by atoms with Gasteiger partial charge in [0.15, 0.2) is 0 Å². The van der Waals surface area contributed by atoms with Crippen molar-refractivity contribution in [2.45, 2.75) is 32.6 Å². The standard InChI is InChI=1S/C15H24O5/c1-5-6-9-19-11-8-13(3)15(17)20-14(16)12(2)7-10-18-4/h2-3,5-11H2,1,4H3. The van der Waals surface area contributed by atoms with Gasteiger partial charge in [-0.25, -0.2) is 9.59 Å². The van der Waals surface area contributed by atoms with E-state index in [9.17, 15) is 9.59 Å². The number of carbonyl (C=O) groups excluding carboxylic acids is 2. The van der Waals surface area contributed by atoms with Gasteiger partial charge < -0.3 is 14.2 Å². The van der Waals surface area contributed by atoms with Crippen molar-refractivity contribution in [1.82, 2.24) is 0 Å². The maximum Gasteiger partial charge on any atom is 0.341 e. The molecule has 0 aliphatic heterocycles. The van der Waals surface area contributed by atoms with Gasteiger partial charge in [0.25, 0.3) is 0 Å². The smallest absolute Gasteiger partial charge is 0.341 e. The highest BCUT2D eigenvalue weighted by molar-refractivity contribution is 6.01. The predicted octanol–water partition coefficient (Wildman–Crippen LogP) is 2.41. The Morgan fingerprint density at radius 2 is 1.50 bits per heavy atom. The van der Waals surface area contributed by atoms with Crippen LogP contribution in [0, 0.1) is 0 Å². The number of hydrogen-bond acceptors (Lipinski definition) is 5. The molecule has 0 radical (unpaired) electrons. The lowest BCUT2D eigenvalue weighted by Crippen LogP contribution is -2.17. The number of methoxy groups -OCH3 is 1. The molecule has 114 valence electrons. The maximum atomic E-state index is 11.6. The lowest BCUT2D eigenvalue weighted by Gasteiger charge is -2.07. The van der Waals surface area contributed by atoms with Gasteiger partial charge in [-0.2, -0.15) is 0 Å². The molecule has 0 fully saturated rings. The van der Waals surface area contributed by atoms with Crippen molar-refractivity contribution in [3.05, 3.63) is 24.3 Å². The molecule has 0 aromatic carbocycles. The lowest BCUT2D eigenvalue weighted by molar-refractivity contribution is -0.154. The zero-order valence-electron chi connectivity index (χ0n) is 12.4. The minimum Gasteiger partial charge on any atom is -0.386 e. The number of ether oxygens (including phenoxy) is 3. The molecule has 0 bridgehead atoms. The number of carbonyl (C=O) groups is 2. The molecule has 5 heteroatoms. The Labute approximate surface area is 120 Å². The van der Waals surface area contributed by atoms with Gasteiger partial charge in [0, 0.05) is 37.7 Å². The number of esters is 2. The topological polar surface area (TPSA) is 61.8 Å². The third-order valence-corrected chi connectivity index (χ3v) is 2.56. The van der Waals surface area contributed by atoms with Gasteiger partial charge in [-0.1, -0.05) is 26.5 Å². The van der Waals surface area contributed by atoms with Crippen LogP contribution in [0.3, 0.4) is 0 Å². The summed E-state index contributed by atoms with van der Waals surface area (Å²) in [6, 6.07) is 0. The van der Waals surface area contributed by atoms with E-state index >= 15 is 0 Å². The molecular formula is C15H24O5. The summed E-state index contributed by atoms with van der Waals surface area (Å²) in [6.07, 6.45) is 2.71. The Morgan fingerprint density at radius 3 is 2.00 bits per heavy atom. The van der Waals surface area contributed by atoms with Gasteiger partial charge in [-0.3, -0.25) is 0 Å². The molecule has 0 N–H and O–H groups in total. The van der Waals surface area contributed by atoms with Crippen LogP contribution in [0.5, 0.6) is 0 Å². The average Bonchev–Trinajstić information content (AvgIpc) is 2.43. The Bertz CT molecular complexity index is 346. The normalized spacial score (nSPS) is 10.1. The second-order valence-corrected chi connectivity index (χ2v) is 4.34. The van der Waals surface area contributed by atoms with Crippen LogP contribution in [0.1, 0.15) is 32.6 Å². The van der Waals surface area contributed by atoms with Crippen LogP contribution in [-0.4, -0.2) is 38.9 Å². The second-order valence-electron chi connectivity index (χ2n) is 4.34. The molecule has 0 unspecified atom stereocenters.